The van der Waals surface area contributed by atoms with E-state index in [1.165, 1.54) is 12.1 Å². The normalized spacial score (nSPS) is 19.8. The maximum absolute atomic E-state index is 12.1. The van der Waals surface area contributed by atoms with Crippen LogP contribution in [-0.4, -0.2) is 27.5 Å². The fraction of sp³-hybridized carbons (Fsp3) is 0.500. The van der Waals surface area contributed by atoms with Gasteiger partial charge in [0.05, 0.1) is 10.0 Å². The lowest BCUT2D eigenvalue weighted by Gasteiger charge is -2.12. The molecule has 2 rings (SSSR count). The van der Waals surface area contributed by atoms with Gasteiger partial charge in [0.15, 0.2) is 0 Å². The first-order valence-electron chi connectivity index (χ1n) is 6.18. The molecule has 0 spiro atoms. The molecule has 19 heavy (non-hydrogen) atoms. The summed E-state index contributed by atoms with van der Waals surface area (Å²) in [5.41, 5.74) is 0. The fourth-order valence-corrected chi connectivity index (χ4v) is 4.37. The second kappa shape index (κ2) is 6.41. The molecule has 1 saturated heterocycles. The van der Waals surface area contributed by atoms with E-state index < -0.39 is 10.0 Å². The van der Waals surface area contributed by atoms with E-state index in [0.717, 1.165) is 25.8 Å². The van der Waals surface area contributed by atoms with Crippen molar-refractivity contribution in [2.24, 2.45) is 0 Å². The summed E-state index contributed by atoms with van der Waals surface area (Å²) in [6.45, 7) is 1.38. The molecule has 4 nitrogen and oxygen atoms in total. The molecule has 2 N–H and O–H groups in total. The van der Waals surface area contributed by atoms with Gasteiger partial charge in [0, 0.05) is 12.6 Å². The van der Waals surface area contributed by atoms with Crippen molar-refractivity contribution in [3.05, 3.63) is 28.2 Å². The number of sulfonamides is 1. The summed E-state index contributed by atoms with van der Waals surface area (Å²) in [6, 6.07) is 5.04. The molecule has 1 fully saturated rings. The Balaban J connectivity index is 2.01. The van der Waals surface area contributed by atoms with E-state index in [-0.39, 0.29) is 14.9 Å². The van der Waals surface area contributed by atoms with Gasteiger partial charge < -0.3 is 5.32 Å². The van der Waals surface area contributed by atoms with Crippen LogP contribution in [0.15, 0.2) is 23.1 Å². The largest absolute Gasteiger partial charge is 0.314 e. The molecule has 0 unspecified atom stereocenters. The third-order valence-electron chi connectivity index (χ3n) is 3.13. The van der Waals surface area contributed by atoms with Crippen LogP contribution in [0.2, 0.25) is 10.0 Å². The summed E-state index contributed by atoms with van der Waals surface area (Å²) < 4.78 is 26.8. The minimum absolute atomic E-state index is 0.0438. The van der Waals surface area contributed by atoms with E-state index in [9.17, 15) is 8.42 Å². The number of hydrogen-bond acceptors (Lipinski definition) is 3. The van der Waals surface area contributed by atoms with Gasteiger partial charge in [-0.2, -0.15) is 0 Å². The highest BCUT2D eigenvalue weighted by molar-refractivity contribution is 7.89. The maximum Gasteiger partial charge on any atom is 0.243 e. The Morgan fingerprint density at radius 2 is 2.00 bits per heavy atom. The van der Waals surface area contributed by atoms with E-state index in [1.807, 2.05) is 0 Å². The molecule has 1 aliphatic rings. The summed E-state index contributed by atoms with van der Waals surface area (Å²) in [7, 11) is -3.65. The first-order chi connectivity index (χ1) is 9.00. The maximum atomic E-state index is 12.1. The molecule has 0 radical (unpaired) electrons. The third-order valence-corrected chi connectivity index (χ3v) is 5.55. The summed E-state index contributed by atoms with van der Waals surface area (Å²) >= 11 is 11.8. The molecule has 1 aliphatic heterocycles. The number of hydrogen-bond donors (Lipinski definition) is 2. The van der Waals surface area contributed by atoms with Crippen LogP contribution in [0.25, 0.3) is 0 Å². The van der Waals surface area contributed by atoms with Crippen LogP contribution >= 0.6 is 23.2 Å². The topological polar surface area (TPSA) is 58.2 Å². The van der Waals surface area contributed by atoms with E-state index >= 15 is 0 Å². The smallest absolute Gasteiger partial charge is 0.243 e. The highest BCUT2D eigenvalue weighted by atomic mass is 35.5. The summed E-state index contributed by atoms with van der Waals surface area (Å²) in [5.74, 6) is 0. The van der Waals surface area contributed by atoms with Gasteiger partial charge in [-0.3, -0.25) is 0 Å². The minimum Gasteiger partial charge on any atom is -0.314 e. The molecule has 1 atom stereocenters. The third kappa shape index (κ3) is 3.83. The number of benzene rings is 1. The van der Waals surface area contributed by atoms with E-state index in [0.29, 0.717) is 12.6 Å². The molecule has 7 heteroatoms. The van der Waals surface area contributed by atoms with Gasteiger partial charge in [-0.15, -0.1) is 0 Å². The zero-order chi connectivity index (χ0) is 13.9. The van der Waals surface area contributed by atoms with Gasteiger partial charge in [0.1, 0.15) is 4.90 Å². The lowest BCUT2D eigenvalue weighted by atomic mass is 10.2. The second-order valence-electron chi connectivity index (χ2n) is 4.53. The van der Waals surface area contributed by atoms with Crippen LogP contribution in [0.1, 0.15) is 19.3 Å². The average Bonchev–Trinajstić information content (AvgIpc) is 2.81. The molecule has 0 bridgehead atoms. The molecular weight excluding hydrogens is 307 g/mol. The Hall–Kier alpha value is -0.330. The van der Waals surface area contributed by atoms with Crippen LogP contribution in [0.3, 0.4) is 0 Å². The van der Waals surface area contributed by atoms with Crippen molar-refractivity contribution >= 4 is 33.2 Å². The second-order valence-corrected chi connectivity index (χ2v) is 7.05. The van der Waals surface area contributed by atoms with Crippen molar-refractivity contribution in [2.75, 3.05) is 13.1 Å². The molecule has 0 saturated carbocycles. The van der Waals surface area contributed by atoms with Crippen LogP contribution in [0.4, 0.5) is 0 Å². The Kier molecular flexibility index (Phi) is 5.09. The van der Waals surface area contributed by atoms with E-state index in [1.54, 1.807) is 6.07 Å². The standard InChI is InChI=1S/C12H16Cl2N2O2S/c13-10-4-1-5-11(14)12(10)19(17,18)16-8-6-9-3-2-7-15-9/h1,4-5,9,15-16H,2-3,6-8H2/t9-/m1/s1. The molecule has 1 aromatic carbocycles. The van der Waals surface area contributed by atoms with Crippen molar-refractivity contribution in [3.8, 4) is 0 Å². The molecular formula is C12H16Cl2N2O2S. The average molecular weight is 323 g/mol. The van der Waals surface area contributed by atoms with Crippen LogP contribution in [0, 0.1) is 0 Å². The molecule has 1 heterocycles. The minimum atomic E-state index is -3.65. The van der Waals surface area contributed by atoms with Crippen molar-refractivity contribution in [1.82, 2.24) is 10.0 Å². The van der Waals surface area contributed by atoms with E-state index in [2.05, 4.69) is 10.0 Å². The lowest BCUT2D eigenvalue weighted by Crippen LogP contribution is -2.30. The van der Waals surface area contributed by atoms with Crippen LogP contribution < -0.4 is 10.0 Å². The summed E-state index contributed by atoms with van der Waals surface area (Å²) in [4.78, 5) is -0.0438. The van der Waals surface area contributed by atoms with Crippen molar-refractivity contribution < 1.29 is 8.42 Å². The Morgan fingerprint density at radius 3 is 2.58 bits per heavy atom. The van der Waals surface area contributed by atoms with Crippen LogP contribution in [0.5, 0.6) is 0 Å². The zero-order valence-electron chi connectivity index (χ0n) is 10.3. The van der Waals surface area contributed by atoms with Gasteiger partial charge in [0.2, 0.25) is 10.0 Å². The first-order valence-corrected chi connectivity index (χ1v) is 8.41. The number of nitrogens with one attached hydrogen (secondary N) is 2. The van der Waals surface area contributed by atoms with Gasteiger partial charge in [0.25, 0.3) is 0 Å². The first kappa shape index (κ1) is 15.1. The molecule has 0 aliphatic carbocycles. The van der Waals surface area contributed by atoms with Gasteiger partial charge in [-0.25, -0.2) is 13.1 Å². The highest BCUT2D eigenvalue weighted by Gasteiger charge is 2.22. The number of halogens is 2. The molecule has 0 aromatic heterocycles. The van der Waals surface area contributed by atoms with Gasteiger partial charge in [-0.1, -0.05) is 29.3 Å². The SMILES string of the molecule is O=S(=O)(NCC[C@H]1CCCN1)c1c(Cl)cccc1Cl. The Labute approximate surface area is 123 Å². The monoisotopic (exact) mass is 322 g/mol. The summed E-state index contributed by atoms with van der Waals surface area (Å²) in [6.07, 6.45) is 3.00. The highest BCUT2D eigenvalue weighted by Crippen LogP contribution is 2.28. The fourth-order valence-electron chi connectivity index (χ4n) is 2.18. The van der Waals surface area contributed by atoms with Crippen molar-refractivity contribution in [3.63, 3.8) is 0 Å². The quantitative estimate of drug-likeness (QED) is 0.875. The Bertz CT molecular complexity index is 522. The predicted octanol–water partition coefficient (Wildman–Crippen LogP) is 2.41. The van der Waals surface area contributed by atoms with Gasteiger partial charge in [-0.05, 0) is 37.9 Å². The van der Waals surface area contributed by atoms with Crippen molar-refractivity contribution in [2.45, 2.75) is 30.2 Å². The Morgan fingerprint density at radius 1 is 1.32 bits per heavy atom. The predicted molar refractivity (Wildman–Crippen MR) is 77.3 cm³/mol. The molecule has 0 amide bonds. The van der Waals surface area contributed by atoms with E-state index in [4.69, 9.17) is 23.2 Å². The zero-order valence-corrected chi connectivity index (χ0v) is 12.7. The van der Waals surface area contributed by atoms with Gasteiger partial charge >= 0.3 is 0 Å². The molecule has 1 aromatic rings. The van der Waals surface area contributed by atoms with Crippen molar-refractivity contribution in [1.29, 1.82) is 0 Å². The van der Waals surface area contributed by atoms with Crippen LogP contribution in [-0.2, 0) is 10.0 Å². The molecule has 106 valence electrons. The summed E-state index contributed by atoms with van der Waals surface area (Å²) in [5, 5.41) is 3.59. The number of rotatable bonds is 5. The lowest BCUT2D eigenvalue weighted by molar-refractivity contribution is 0.539.